The Bertz CT molecular complexity index is 451. The maximum atomic E-state index is 8.68. The number of rotatable bonds is 0. The topological polar surface area (TPSA) is 49.6 Å². The van der Waals surface area contributed by atoms with Gasteiger partial charge in [-0.25, -0.2) is 4.98 Å². The molecule has 0 saturated carbocycles. The van der Waals surface area contributed by atoms with E-state index in [-0.39, 0.29) is 0 Å². The molecule has 12 heavy (non-hydrogen) atoms. The van der Waals surface area contributed by atoms with Crippen molar-refractivity contribution in [3.05, 3.63) is 36.3 Å². The molecule has 2 rings (SSSR count). The van der Waals surface area contributed by atoms with Gasteiger partial charge in [-0.2, -0.15) is 5.26 Å². The van der Waals surface area contributed by atoms with Crippen LogP contribution in [-0.2, 0) is 0 Å². The highest BCUT2D eigenvalue weighted by atomic mass is 14.7. The average Bonchev–Trinajstić information content (AvgIpc) is 2.17. The molecule has 0 aromatic carbocycles. The lowest BCUT2D eigenvalue weighted by Crippen LogP contribution is -1.86. The molecule has 0 aliphatic heterocycles. The maximum Gasteiger partial charge on any atom is 0.166 e. The Labute approximate surface area is 69.3 Å². The number of aromatic nitrogens is 2. The van der Waals surface area contributed by atoms with E-state index in [1.54, 1.807) is 12.4 Å². The minimum absolute atomic E-state index is 0.383. The Morgan fingerprint density at radius 3 is 2.92 bits per heavy atom. The van der Waals surface area contributed by atoms with Gasteiger partial charge in [0.25, 0.3) is 0 Å². The number of hydrogen-bond donors (Lipinski definition) is 0. The molecule has 0 spiro atoms. The van der Waals surface area contributed by atoms with Gasteiger partial charge in [-0.05, 0) is 12.1 Å². The predicted molar refractivity (Wildman–Crippen MR) is 44.3 cm³/mol. The van der Waals surface area contributed by atoms with Crippen LogP contribution in [0.5, 0.6) is 0 Å². The molecular weight excluding hydrogens is 150 g/mol. The highest BCUT2D eigenvalue weighted by Gasteiger charge is 1.99. The first kappa shape index (κ1) is 6.74. The second-order valence-corrected chi connectivity index (χ2v) is 2.35. The van der Waals surface area contributed by atoms with E-state index in [1.807, 2.05) is 24.3 Å². The van der Waals surface area contributed by atoms with Gasteiger partial charge >= 0.3 is 0 Å². The van der Waals surface area contributed by atoms with Crippen molar-refractivity contribution in [2.45, 2.75) is 0 Å². The van der Waals surface area contributed by atoms with Gasteiger partial charge in [-0.3, -0.25) is 4.98 Å². The van der Waals surface area contributed by atoms with E-state index in [9.17, 15) is 0 Å². The van der Waals surface area contributed by atoms with Crippen molar-refractivity contribution in [2.75, 3.05) is 0 Å². The Morgan fingerprint density at radius 1 is 1.17 bits per heavy atom. The molecule has 2 aromatic rings. The summed E-state index contributed by atoms with van der Waals surface area (Å²) in [4.78, 5) is 7.97. The first-order chi connectivity index (χ1) is 5.92. The SMILES string of the molecule is N#Cc1nccc2cccnc12. The normalized spacial score (nSPS) is 9.58. The van der Waals surface area contributed by atoms with E-state index in [2.05, 4.69) is 9.97 Å². The molecule has 0 atom stereocenters. The van der Waals surface area contributed by atoms with Crippen LogP contribution in [0.25, 0.3) is 10.9 Å². The van der Waals surface area contributed by atoms with Gasteiger partial charge in [0, 0.05) is 17.8 Å². The minimum atomic E-state index is 0.383. The summed E-state index contributed by atoms with van der Waals surface area (Å²) in [5.74, 6) is 0. The van der Waals surface area contributed by atoms with E-state index in [4.69, 9.17) is 5.26 Å². The second kappa shape index (κ2) is 2.59. The first-order valence-corrected chi connectivity index (χ1v) is 3.51. The quantitative estimate of drug-likeness (QED) is 0.579. The second-order valence-electron chi connectivity index (χ2n) is 2.35. The molecule has 0 bridgehead atoms. The van der Waals surface area contributed by atoms with Gasteiger partial charge < -0.3 is 0 Å². The van der Waals surface area contributed by atoms with Gasteiger partial charge in [-0.1, -0.05) is 6.07 Å². The van der Waals surface area contributed by atoms with Crippen LogP contribution in [-0.4, -0.2) is 9.97 Å². The zero-order valence-corrected chi connectivity index (χ0v) is 6.23. The van der Waals surface area contributed by atoms with Crippen LogP contribution in [0.2, 0.25) is 0 Å². The number of hydrogen-bond acceptors (Lipinski definition) is 3. The van der Waals surface area contributed by atoms with Gasteiger partial charge in [0.2, 0.25) is 0 Å². The van der Waals surface area contributed by atoms with Crippen molar-refractivity contribution in [3.63, 3.8) is 0 Å². The summed E-state index contributed by atoms with van der Waals surface area (Å²) < 4.78 is 0. The molecule has 0 fully saturated rings. The van der Waals surface area contributed by atoms with E-state index >= 15 is 0 Å². The van der Waals surface area contributed by atoms with Gasteiger partial charge in [-0.15, -0.1) is 0 Å². The summed E-state index contributed by atoms with van der Waals surface area (Å²) in [6.45, 7) is 0. The summed E-state index contributed by atoms with van der Waals surface area (Å²) in [7, 11) is 0. The highest BCUT2D eigenvalue weighted by molar-refractivity contribution is 5.81. The molecule has 0 N–H and O–H groups in total. The zero-order valence-electron chi connectivity index (χ0n) is 6.23. The lowest BCUT2D eigenvalue weighted by Gasteiger charge is -1.95. The fourth-order valence-corrected chi connectivity index (χ4v) is 1.09. The van der Waals surface area contributed by atoms with Crippen LogP contribution in [0.1, 0.15) is 5.69 Å². The zero-order chi connectivity index (χ0) is 8.39. The Morgan fingerprint density at radius 2 is 2.08 bits per heavy atom. The van der Waals surface area contributed by atoms with Crippen LogP contribution in [0, 0.1) is 11.3 Å². The minimum Gasteiger partial charge on any atom is -0.253 e. The third-order valence-electron chi connectivity index (χ3n) is 1.63. The number of fused-ring (bicyclic) bond motifs is 1. The Kier molecular flexibility index (Phi) is 1.45. The van der Waals surface area contributed by atoms with Crippen LogP contribution < -0.4 is 0 Å². The fraction of sp³-hybridized carbons (Fsp3) is 0. The average molecular weight is 155 g/mol. The lowest BCUT2D eigenvalue weighted by atomic mass is 10.2. The molecule has 3 nitrogen and oxygen atoms in total. The van der Waals surface area contributed by atoms with Crippen molar-refractivity contribution in [1.82, 2.24) is 9.97 Å². The number of nitrogens with zero attached hydrogens (tertiary/aromatic N) is 3. The molecule has 0 saturated heterocycles. The molecule has 0 aliphatic rings. The summed E-state index contributed by atoms with van der Waals surface area (Å²) in [6.07, 6.45) is 3.27. The molecule has 2 heterocycles. The number of pyridine rings is 2. The maximum absolute atomic E-state index is 8.68. The monoisotopic (exact) mass is 155 g/mol. The van der Waals surface area contributed by atoms with E-state index in [0.29, 0.717) is 11.2 Å². The number of nitriles is 1. The van der Waals surface area contributed by atoms with Gasteiger partial charge in [0.1, 0.15) is 11.6 Å². The Balaban J connectivity index is 2.91. The molecule has 0 unspecified atom stereocenters. The molecule has 3 heteroatoms. The summed E-state index contributed by atoms with van der Waals surface area (Å²) in [5, 5.41) is 9.63. The van der Waals surface area contributed by atoms with Crippen LogP contribution in [0.4, 0.5) is 0 Å². The van der Waals surface area contributed by atoms with Crippen molar-refractivity contribution in [3.8, 4) is 6.07 Å². The molecule has 2 aromatic heterocycles. The van der Waals surface area contributed by atoms with Crippen molar-refractivity contribution < 1.29 is 0 Å². The van der Waals surface area contributed by atoms with Crippen molar-refractivity contribution >= 4 is 10.9 Å². The van der Waals surface area contributed by atoms with Crippen molar-refractivity contribution in [2.24, 2.45) is 0 Å². The predicted octanol–water partition coefficient (Wildman–Crippen LogP) is 1.50. The van der Waals surface area contributed by atoms with E-state index in [0.717, 1.165) is 5.39 Å². The molecule has 0 radical (unpaired) electrons. The van der Waals surface area contributed by atoms with E-state index < -0.39 is 0 Å². The van der Waals surface area contributed by atoms with E-state index in [1.165, 1.54) is 0 Å². The highest BCUT2D eigenvalue weighted by Crippen LogP contribution is 2.11. The largest absolute Gasteiger partial charge is 0.253 e. The Hall–Kier alpha value is -1.95. The van der Waals surface area contributed by atoms with Crippen LogP contribution >= 0.6 is 0 Å². The fourth-order valence-electron chi connectivity index (χ4n) is 1.09. The molecular formula is C9H5N3. The third kappa shape index (κ3) is 0.903. The van der Waals surface area contributed by atoms with Gasteiger partial charge in [0.15, 0.2) is 5.69 Å². The lowest BCUT2D eigenvalue weighted by molar-refractivity contribution is 1.26. The molecule has 56 valence electrons. The third-order valence-corrected chi connectivity index (χ3v) is 1.63. The summed E-state index contributed by atoms with van der Waals surface area (Å²) in [5.41, 5.74) is 1.05. The molecule has 0 aliphatic carbocycles. The summed E-state index contributed by atoms with van der Waals surface area (Å²) in [6, 6.07) is 7.58. The summed E-state index contributed by atoms with van der Waals surface area (Å²) >= 11 is 0. The first-order valence-electron chi connectivity index (χ1n) is 3.51. The van der Waals surface area contributed by atoms with Crippen LogP contribution in [0.15, 0.2) is 30.6 Å². The standard InChI is InChI=1S/C9H5N3/c10-6-8-9-7(3-5-11-8)2-1-4-12-9/h1-5H. The smallest absolute Gasteiger partial charge is 0.166 e. The van der Waals surface area contributed by atoms with Crippen LogP contribution in [0.3, 0.4) is 0 Å². The van der Waals surface area contributed by atoms with Crippen molar-refractivity contribution in [1.29, 1.82) is 5.26 Å². The molecule has 0 amide bonds. The van der Waals surface area contributed by atoms with Gasteiger partial charge in [0.05, 0.1) is 0 Å².